The highest BCUT2D eigenvalue weighted by molar-refractivity contribution is 7.15. The summed E-state index contributed by atoms with van der Waals surface area (Å²) in [7, 11) is 1.84. The highest BCUT2D eigenvalue weighted by Gasteiger charge is 2.14. The smallest absolute Gasteiger partial charge is 0.328 e. The predicted octanol–water partition coefficient (Wildman–Crippen LogP) is 1.84. The molecule has 19 heavy (non-hydrogen) atoms. The van der Waals surface area contributed by atoms with Crippen molar-refractivity contribution in [2.24, 2.45) is 0 Å². The zero-order valence-electron chi connectivity index (χ0n) is 10.3. The molecule has 0 spiro atoms. The molecule has 2 rings (SSSR count). The fourth-order valence-electron chi connectivity index (χ4n) is 1.70. The fraction of sp³-hybridized carbons (Fsp3) is 0.250. The Morgan fingerprint density at radius 2 is 2.53 bits per heavy atom. The number of fused-ring (bicyclic) bond motifs is 1. The SMILES string of the molecule is CN(CCC#N)c1nc2sccn2c1/C=C/C(=O)O. The van der Waals surface area contributed by atoms with E-state index in [1.807, 2.05) is 27.9 Å². The van der Waals surface area contributed by atoms with Crippen LogP contribution < -0.4 is 4.90 Å². The van der Waals surface area contributed by atoms with E-state index in [4.69, 9.17) is 10.4 Å². The standard InChI is InChI=1S/C12H12N4O2S/c1-15(6-2-5-13)11-9(3-4-10(17)18)16-7-8-19-12(16)14-11/h3-4,7-8H,2,6H2,1H3,(H,17,18)/b4-3+. The van der Waals surface area contributed by atoms with Gasteiger partial charge in [0, 0.05) is 31.2 Å². The number of aromatic nitrogens is 2. The van der Waals surface area contributed by atoms with E-state index in [2.05, 4.69) is 11.1 Å². The molecule has 0 aromatic carbocycles. The van der Waals surface area contributed by atoms with E-state index in [-0.39, 0.29) is 0 Å². The number of aliphatic carboxylic acids is 1. The van der Waals surface area contributed by atoms with Gasteiger partial charge in [0.2, 0.25) is 0 Å². The summed E-state index contributed by atoms with van der Waals surface area (Å²) in [6, 6.07) is 2.08. The lowest BCUT2D eigenvalue weighted by atomic mass is 10.3. The van der Waals surface area contributed by atoms with Crippen LogP contribution in [0.2, 0.25) is 0 Å². The lowest BCUT2D eigenvalue weighted by Gasteiger charge is -2.15. The van der Waals surface area contributed by atoms with Crippen LogP contribution in [-0.2, 0) is 4.79 Å². The highest BCUT2D eigenvalue weighted by atomic mass is 32.1. The molecule has 6 nitrogen and oxygen atoms in total. The molecule has 0 aliphatic rings. The van der Waals surface area contributed by atoms with Crippen molar-refractivity contribution >= 4 is 34.2 Å². The molecule has 1 N–H and O–H groups in total. The number of hydrogen-bond donors (Lipinski definition) is 1. The van der Waals surface area contributed by atoms with Gasteiger partial charge in [-0.2, -0.15) is 5.26 Å². The molecule has 7 heteroatoms. The molecular formula is C12H12N4O2S. The van der Waals surface area contributed by atoms with Crippen LogP contribution in [0.3, 0.4) is 0 Å². The molecule has 98 valence electrons. The number of anilines is 1. The van der Waals surface area contributed by atoms with Crippen LogP contribution in [0.15, 0.2) is 17.7 Å². The van der Waals surface area contributed by atoms with Gasteiger partial charge in [-0.15, -0.1) is 11.3 Å². The molecule has 0 aliphatic heterocycles. The molecule has 0 saturated carbocycles. The first-order valence-corrected chi connectivity index (χ1v) is 6.46. The zero-order valence-corrected chi connectivity index (χ0v) is 11.1. The van der Waals surface area contributed by atoms with Crippen molar-refractivity contribution in [1.29, 1.82) is 5.26 Å². The van der Waals surface area contributed by atoms with Crippen molar-refractivity contribution in [1.82, 2.24) is 9.38 Å². The topological polar surface area (TPSA) is 81.6 Å². The third-order valence-electron chi connectivity index (χ3n) is 2.58. The molecule has 0 bridgehead atoms. The lowest BCUT2D eigenvalue weighted by Crippen LogP contribution is -2.19. The van der Waals surface area contributed by atoms with Crippen molar-refractivity contribution in [3.8, 4) is 6.07 Å². The van der Waals surface area contributed by atoms with Crippen molar-refractivity contribution in [2.75, 3.05) is 18.5 Å². The van der Waals surface area contributed by atoms with Gasteiger partial charge in [-0.25, -0.2) is 9.78 Å². The fourth-order valence-corrected chi connectivity index (χ4v) is 2.42. The van der Waals surface area contributed by atoms with Gasteiger partial charge in [0.25, 0.3) is 0 Å². The number of carboxylic acid groups (broad SMARTS) is 1. The average Bonchev–Trinajstić information content (AvgIpc) is 2.93. The van der Waals surface area contributed by atoms with Crippen LogP contribution in [-0.4, -0.2) is 34.1 Å². The molecule has 2 aromatic heterocycles. The maximum Gasteiger partial charge on any atom is 0.328 e. The van der Waals surface area contributed by atoms with Gasteiger partial charge in [-0.3, -0.25) is 4.40 Å². The number of carboxylic acids is 1. The monoisotopic (exact) mass is 276 g/mol. The van der Waals surface area contributed by atoms with Crippen molar-refractivity contribution in [3.05, 3.63) is 23.3 Å². The van der Waals surface area contributed by atoms with E-state index in [0.29, 0.717) is 24.5 Å². The van der Waals surface area contributed by atoms with Crippen molar-refractivity contribution in [2.45, 2.75) is 6.42 Å². The molecule has 0 unspecified atom stereocenters. The summed E-state index contributed by atoms with van der Waals surface area (Å²) in [6.45, 7) is 0.551. The minimum atomic E-state index is -1.00. The Balaban J connectivity index is 2.42. The van der Waals surface area contributed by atoms with Crippen LogP contribution in [0, 0.1) is 11.3 Å². The van der Waals surface area contributed by atoms with Gasteiger partial charge in [0.15, 0.2) is 10.8 Å². The molecule has 2 heterocycles. The number of thiazole rings is 1. The predicted molar refractivity (Wildman–Crippen MR) is 73.2 cm³/mol. The van der Waals surface area contributed by atoms with E-state index in [9.17, 15) is 4.79 Å². The summed E-state index contributed by atoms with van der Waals surface area (Å²) >= 11 is 1.48. The van der Waals surface area contributed by atoms with Gasteiger partial charge in [-0.05, 0) is 6.08 Å². The molecule has 2 aromatic rings. The van der Waals surface area contributed by atoms with E-state index >= 15 is 0 Å². The lowest BCUT2D eigenvalue weighted by molar-refractivity contribution is -0.131. The van der Waals surface area contributed by atoms with E-state index in [0.717, 1.165) is 11.0 Å². The second kappa shape index (κ2) is 5.54. The molecule has 0 aliphatic carbocycles. The largest absolute Gasteiger partial charge is 0.478 e. The molecule has 0 fully saturated rings. The van der Waals surface area contributed by atoms with Gasteiger partial charge in [0.05, 0.1) is 18.2 Å². The number of hydrogen-bond acceptors (Lipinski definition) is 5. The molecular weight excluding hydrogens is 264 g/mol. The number of nitriles is 1. The average molecular weight is 276 g/mol. The third-order valence-corrected chi connectivity index (χ3v) is 3.34. The first-order valence-electron chi connectivity index (χ1n) is 5.58. The van der Waals surface area contributed by atoms with Crippen LogP contribution in [0.4, 0.5) is 5.82 Å². The second-order valence-electron chi connectivity index (χ2n) is 3.88. The van der Waals surface area contributed by atoms with Crippen molar-refractivity contribution in [3.63, 3.8) is 0 Å². The summed E-state index contributed by atoms with van der Waals surface area (Å²) < 4.78 is 1.84. The number of rotatable bonds is 5. The first kappa shape index (κ1) is 13.1. The Morgan fingerprint density at radius 1 is 1.74 bits per heavy atom. The normalized spacial score (nSPS) is 10.9. The third kappa shape index (κ3) is 2.74. The zero-order chi connectivity index (χ0) is 13.8. The maximum atomic E-state index is 10.7. The molecule has 0 saturated heterocycles. The van der Waals surface area contributed by atoms with Gasteiger partial charge in [0.1, 0.15) is 0 Å². The summed E-state index contributed by atoms with van der Waals surface area (Å²) in [5.41, 5.74) is 0.707. The number of imidazole rings is 1. The quantitative estimate of drug-likeness (QED) is 0.843. The summed E-state index contributed by atoms with van der Waals surface area (Å²) in [5, 5.41) is 19.2. The molecule has 0 radical (unpaired) electrons. The Morgan fingerprint density at radius 3 is 3.21 bits per heavy atom. The van der Waals surface area contributed by atoms with Crippen LogP contribution in [0.1, 0.15) is 12.1 Å². The minimum absolute atomic E-state index is 0.393. The van der Waals surface area contributed by atoms with E-state index in [1.54, 1.807) is 0 Å². The van der Waals surface area contributed by atoms with Gasteiger partial charge < -0.3 is 10.0 Å². The van der Waals surface area contributed by atoms with Crippen LogP contribution in [0.5, 0.6) is 0 Å². The highest BCUT2D eigenvalue weighted by Crippen LogP contribution is 2.25. The molecule has 0 atom stereocenters. The number of nitrogens with zero attached hydrogens (tertiary/aromatic N) is 4. The number of carbonyl (C=O) groups is 1. The Kier molecular flexibility index (Phi) is 3.82. The molecule has 0 amide bonds. The summed E-state index contributed by atoms with van der Waals surface area (Å²) in [6.07, 6.45) is 4.84. The van der Waals surface area contributed by atoms with Crippen LogP contribution >= 0.6 is 11.3 Å². The summed E-state index contributed by atoms with van der Waals surface area (Å²) in [5.74, 6) is -0.324. The first-order chi connectivity index (χ1) is 9.13. The Labute approximate surface area is 113 Å². The summed E-state index contributed by atoms with van der Waals surface area (Å²) in [4.78, 5) is 17.8. The van der Waals surface area contributed by atoms with Gasteiger partial charge >= 0.3 is 5.97 Å². The second-order valence-corrected chi connectivity index (χ2v) is 4.75. The Hall–Kier alpha value is -2.33. The maximum absolute atomic E-state index is 10.7. The Bertz CT molecular complexity index is 665. The van der Waals surface area contributed by atoms with Gasteiger partial charge in [-0.1, -0.05) is 0 Å². The van der Waals surface area contributed by atoms with Crippen molar-refractivity contribution < 1.29 is 9.90 Å². The van der Waals surface area contributed by atoms with E-state index in [1.165, 1.54) is 17.4 Å². The minimum Gasteiger partial charge on any atom is -0.478 e. The van der Waals surface area contributed by atoms with Crippen LogP contribution in [0.25, 0.3) is 11.0 Å². The van der Waals surface area contributed by atoms with E-state index < -0.39 is 5.97 Å².